The van der Waals surface area contributed by atoms with Gasteiger partial charge in [0.15, 0.2) is 10.8 Å². The molecule has 1 aliphatic heterocycles. The first-order valence-corrected chi connectivity index (χ1v) is 8.77. The first-order chi connectivity index (χ1) is 9.54. The maximum Gasteiger partial charge on any atom is 0.262 e. The lowest BCUT2D eigenvalue weighted by atomic mass is 9.65. The van der Waals surface area contributed by atoms with E-state index in [9.17, 15) is 8.42 Å². The molecule has 3 rings (SSSR count). The van der Waals surface area contributed by atoms with Gasteiger partial charge >= 0.3 is 0 Å². The molecule has 0 amide bonds. The summed E-state index contributed by atoms with van der Waals surface area (Å²) < 4.78 is 29.2. The Labute approximate surface area is 126 Å². The van der Waals surface area contributed by atoms with Gasteiger partial charge in [0.25, 0.3) is 10.0 Å². The third-order valence-electron chi connectivity index (χ3n) is 4.83. The van der Waals surface area contributed by atoms with E-state index in [0.29, 0.717) is 6.54 Å². The summed E-state index contributed by atoms with van der Waals surface area (Å²) in [4.78, 5) is 3.92. The molecule has 1 aromatic rings. The Balaban J connectivity index is 2.02. The summed E-state index contributed by atoms with van der Waals surface area (Å²) in [6.45, 7) is 7.23. The van der Waals surface area contributed by atoms with Crippen molar-refractivity contribution in [2.75, 3.05) is 12.3 Å². The molecular weight excluding hydrogens is 288 g/mol. The Morgan fingerprint density at radius 3 is 2.57 bits per heavy atom. The number of sulfonamides is 1. The van der Waals surface area contributed by atoms with E-state index in [-0.39, 0.29) is 27.7 Å². The van der Waals surface area contributed by atoms with Crippen LogP contribution in [0.3, 0.4) is 0 Å². The van der Waals surface area contributed by atoms with Crippen LogP contribution in [0.15, 0.2) is 11.4 Å². The first kappa shape index (κ1) is 14.8. The molecule has 1 aliphatic carbocycles. The van der Waals surface area contributed by atoms with Crippen molar-refractivity contribution in [3.63, 3.8) is 0 Å². The van der Waals surface area contributed by atoms with Gasteiger partial charge in [-0.15, -0.1) is 0 Å². The number of nitrogens with two attached hydrogens (primary N) is 1. The number of hydrogen-bond donors (Lipinski definition) is 1. The van der Waals surface area contributed by atoms with Crippen LogP contribution in [0.1, 0.15) is 40.0 Å². The summed E-state index contributed by atoms with van der Waals surface area (Å²) in [7, 11) is -1.92. The SMILES string of the molecule is Cn1cnc(N)c1S(=O)(=O)N1CC2(C)CC1CC(C)(C)C2. The molecule has 1 aromatic heterocycles. The van der Waals surface area contributed by atoms with Crippen LogP contribution in [0, 0.1) is 10.8 Å². The normalized spacial score (nSPS) is 32.5. The summed E-state index contributed by atoms with van der Waals surface area (Å²) >= 11 is 0. The molecule has 118 valence electrons. The minimum Gasteiger partial charge on any atom is -0.381 e. The molecule has 0 spiro atoms. The topological polar surface area (TPSA) is 81.2 Å². The highest BCUT2D eigenvalue weighted by Gasteiger charge is 2.53. The van der Waals surface area contributed by atoms with Gasteiger partial charge in [-0.1, -0.05) is 20.8 Å². The largest absolute Gasteiger partial charge is 0.381 e. The Hall–Kier alpha value is -1.08. The quantitative estimate of drug-likeness (QED) is 0.899. The van der Waals surface area contributed by atoms with E-state index in [1.54, 1.807) is 11.4 Å². The van der Waals surface area contributed by atoms with Crippen LogP contribution in [0.5, 0.6) is 0 Å². The molecule has 1 saturated heterocycles. The predicted molar refractivity (Wildman–Crippen MR) is 81.0 cm³/mol. The van der Waals surface area contributed by atoms with Crippen molar-refractivity contribution in [1.29, 1.82) is 0 Å². The van der Waals surface area contributed by atoms with Crippen molar-refractivity contribution in [2.45, 2.75) is 51.1 Å². The van der Waals surface area contributed by atoms with Gasteiger partial charge in [-0.3, -0.25) is 0 Å². The van der Waals surface area contributed by atoms with Gasteiger partial charge in [0.1, 0.15) is 0 Å². The Kier molecular flexibility index (Phi) is 2.99. The molecule has 2 atom stereocenters. The Morgan fingerprint density at radius 2 is 2.00 bits per heavy atom. The fraction of sp³-hybridized carbons (Fsp3) is 0.786. The van der Waals surface area contributed by atoms with Gasteiger partial charge in [0.05, 0.1) is 6.33 Å². The summed E-state index contributed by atoms with van der Waals surface area (Å²) in [5, 5.41) is 0.122. The molecule has 2 N–H and O–H groups in total. The minimum absolute atomic E-state index is 0.0623. The second kappa shape index (κ2) is 4.23. The number of imidazole rings is 1. The summed E-state index contributed by atoms with van der Waals surface area (Å²) in [6, 6.07) is 0.0676. The zero-order chi connectivity index (χ0) is 15.6. The molecular formula is C14H24N4O2S. The number of nitrogens with zero attached hydrogens (tertiary/aromatic N) is 3. The van der Waals surface area contributed by atoms with Crippen LogP contribution in [-0.4, -0.2) is 34.9 Å². The van der Waals surface area contributed by atoms with E-state index in [0.717, 1.165) is 19.3 Å². The molecule has 2 heterocycles. The van der Waals surface area contributed by atoms with Crippen LogP contribution >= 0.6 is 0 Å². The molecule has 0 radical (unpaired) electrons. The molecule has 2 bridgehead atoms. The number of nitrogen functional groups attached to an aromatic ring is 1. The summed E-state index contributed by atoms with van der Waals surface area (Å²) in [6.07, 6.45) is 4.35. The van der Waals surface area contributed by atoms with Crippen molar-refractivity contribution in [1.82, 2.24) is 13.9 Å². The molecule has 0 aromatic carbocycles. The number of aromatic nitrogens is 2. The third-order valence-corrected chi connectivity index (χ3v) is 6.86. The van der Waals surface area contributed by atoms with Crippen molar-refractivity contribution >= 4 is 15.8 Å². The Bertz CT molecular complexity index is 660. The van der Waals surface area contributed by atoms with Gasteiger partial charge in [-0.25, -0.2) is 13.4 Å². The monoisotopic (exact) mass is 312 g/mol. The molecule has 21 heavy (non-hydrogen) atoms. The number of aryl methyl sites for hydroxylation is 1. The van der Waals surface area contributed by atoms with E-state index in [2.05, 4.69) is 25.8 Å². The van der Waals surface area contributed by atoms with Crippen LogP contribution in [-0.2, 0) is 17.1 Å². The smallest absolute Gasteiger partial charge is 0.262 e. The van der Waals surface area contributed by atoms with Crippen molar-refractivity contribution < 1.29 is 8.42 Å². The fourth-order valence-corrected chi connectivity index (χ4v) is 6.52. The number of rotatable bonds is 2. The van der Waals surface area contributed by atoms with Gasteiger partial charge in [0.2, 0.25) is 0 Å². The minimum atomic E-state index is -3.59. The number of hydrogen-bond acceptors (Lipinski definition) is 4. The maximum atomic E-state index is 13.0. The van der Waals surface area contributed by atoms with E-state index >= 15 is 0 Å². The highest BCUT2D eigenvalue weighted by Crippen LogP contribution is 2.53. The zero-order valence-electron chi connectivity index (χ0n) is 13.1. The first-order valence-electron chi connectivity index (χ1n) is 7.33. The zero-order valence-corrected chi connectivity index (χ0v) is 13.9. The predicted octanol–water partition coefficient (Wildman–Crippen LogP) is 1.59. The van der Waals surface area contributed by atoms with Crippen LogP contribution < -0.4 is 5.73 Å². The molecule has 2 fully saturated rings. The third kappa shape index (κ3) is 2.26. The Morgan fingerprint density at radius 1 is 1.33 bits per heavy atom. The van der Waals surface area contributed by atoms with E-state index < -0.39 is 10.0 Å². The van der Waals surface area contributed by atoms with Crippen LogP contribution in [0.4, 0.5) is 5.82 Å². The average Bonchev–Trinajstić information content (AvgIpc) is 2.75. The molecule has 7 heteroatoms. The highest BCUT2D eigenvalue weighted by molar-refractivity contribution is 7.89. The molecule has 6 nitrogen and oxygen atoms in total. The van der Waals surface area contributed by atoms with Crippen LogP contribution in [0.25, 0.3) is 0 Å². The lowest BCUT2D eigenvalue weighted by Crippen LogP contribution is -2.38. The fourth-order valence-electron chi connectivity index (χ4n) is 4.55. The van der Waals surface area contributed by atoms with Crippen LogP contribution in [0.2, 0.25) is 0 Å². The second-order valence-corrected chi connectivity index (χ2v) is 9.62. The van der Waals surface area contributed by atoms with E-state index in [4.69, 9.17) is 5.73 Å². The number of fused-ring (bicyclic) bond motifs is 2. The summed E-state index contributed by atoms with van der Waals surface area (Å²) in [5.41, 5.74) is 6.02. The van der Waals surface area contributed by atoms with E-state index in [1.807, 2.05) is 0 Å². The lowest BCUT2D eigenvalue weighted by molar-refractivity contribution is 0.133. The van der Waals surface area contributed by atoms with Crippen molar-refractivity contribution in [2.24, 2.45) is 17.9 Å². The maximum absolute atomic E-state index is 13.0. The van der Waals surface area contributed by atoms with Gasteiger partial charge in [-0.05, 0) is 30.1 Å². The lowest BCUT2D eigenvalue weighted by Gasteiger charge is -2.39. The van der Waals surface area contributed by atoms with Gasteiger partial charge in [0, 0.05) is 19.6 Å². The molecule has 2 aliphatic rings. The average molecular weight is 312 g/mol. The molecule has 2 unspecified atom stereocenters. The molecule has 1 saturated carbocycles. The second-order valence-electron chi connectivity index (χ2n) is 7.81. The van der Waals surface area contributed by atoms with Gasteiger partial charge in [-0.2, -0.15) is 4.31 Å². The van der Waals surface area contributed by atoms with Crippen molar-refractivity contribution in [3.8, 4) is 0 Å². The summed E-state index contributed by atoms with van der Waals surface area (Å²) in [5.74, 6) is 0.0864. The van der Waals surface area contributed by atoms with Gasteiger partial charge < -0.3 is 10.3 Å². The van der Waals surface area contributed by atoms with E-state index in [1.165, 1.54) is 10.9 Å². The number of anilines is 1. The standard InChI is InChI=1S/C14H24N4O2S/c1-13(2)5-10-6-14(3,7-13)8-18(10)21(19,20)12-11(15)16-9-17(12)4/h9-10H,5-8,15H2,1-4H3. The highest BCUT2D eigenvalue weighted by atomic mass is 32.2. The van der Waals surface area contributed by atoms with Crippen molar-refractivity contribution in [3.05, 3.63) is 6.33 Å².